The summed E-state index contributed by atoms with van der Waals surface area (Å²) in [6.45, 7) is 3.09. The Labute approximate surface area is 138 Å². The zero-order chi connectivity index (χ0) is 16.6. The Balaban J connectivity index is 1.29. The van der Waals surface area contributed by atoms with E-state index in [1.54, 1.807) is 0 Å². The van der Waals surface area contributed by atoms with Gasteiger partial charge < -0.3 is 18.9 Å². The lowest BCUT2D eigenvalue weighted by atomic mass is 10.1. The van der Waals surface area contributed by atoms with Crippen molar-refractivity contribution in [1.82, 2.24) is 14.7 Å². The third-order valence-electron chi connectivity index (χ3n) is 4.36. The van der Waals surface area contributed by atoms with E-state index in [0.29, 0.717) is 32.2 Å². The number of morpholine rings is 1. The van der Waals surface area contributed by atoms with Crippen LogP contribution in [0.25, 0.3) is 0 Å². The molecule has 4 heterocycles. The maximum atomic E-state index is 11.2. The largest absolute Gasteiger partial charge is 0.475 e. The van der Waals surface area contributed by atoms with Crippen LogP contribution in [0, 0.1) is 0 Å². The molecule has 2 fully saturated rings. The number of hydrogen-bond donors (Lipinski definition) is 0. The van der Waals surface area contributed by atoms with Gasteiger partial charge in [-0.15, -0.1) is 5.10 Å². The van der Waals surface area contributed by atoms with Gasteiger partial charge in [0, 0.05) is 31.4 Å². The van der Waals surface area contributed by atoms with E-state index < -0.39 is 17.9 Å². The Morgan fingerprint density at radius 1 is 1.21 bits per heavy atom. The lowest BCUT2D eigenvalue weighted by molar-refractivity contribution is -0.338. The summed E-state index contributed by atoms with van der Waals surface area (Å²) in [7, 11) is 0. The molecule has 0 atom stereocenters. The van der Waals surface area contributed by atoms with Crippen molar-refractivity contribution in [3.05, 3.63) is 11.8 Å². The van der Waals surface area contributed by atoms with Gasteiger partial charge in [0.1, 0.15) is 13.2 Å². The second-order valence-corrected chi connectivity index (χ2v) is 6.09. The van der Waals surface area contributed by atoms with Gasteiger partial charge >= 0.3 is 17.9 Å². The van der Waals surface area contributed by atoms with Crippen molar-refractivity contribution in [3.63, 3.8) is 0 Å². The molecule has 0 aliphatic carbocycles. The van der Waals surface area contributed by atoms with E-state index >= 15 is 0 Å². The average molecular weight is 337 g/mol. The molecule has 1 aromatic rings. The molecule has 3 aliphatic heterocycles. The first-order valence-electron chi connectivity index (χ1n) is 8.16. The zero-order valence-electron chi connectivity index (χ0n) is 13.2. The molecule has 4 rings (SSSR count). The van der Waals surface area contributed by atoms with Crippen LogP contribution in [0.1, 0.15) is 18.5 Å². The average Bonchev–Trinajstić information content (AvgIpc) is 3.08. The van der Waals surface area contributed by atoms with Gasteiger partial charge in [0.05, 0.1) is 6.61 Å². The molecule has 24 heavy (non-hydrogen) atoms. The Bertz CT molecular complexity index is 618. The summed E-state index contributed by atoms with van der Waals surface area (Å²) in [6.07, 6.45) is 3.39. The Kier molecular flexibility index (Phi) is 3.89. The normalized spacial score (nSPS) is 23.0. The van der Waals surface area contributed by atoms with Gasteiger partial charge in [0.15, 0.2) is 0 Å². The van der Waals surface area contributed by atoms with Gasteiger partial charge in [-0.25, -0.2) is 9.59 Å². The molecule has 0 aromatic carbocycles. The molecule has 0 saturated carbocycles. The number of ether oxygens (including phenoxy) is 4. The molecule has 1 spiro atoms. The third kappa shape index (κ3) is 2.96. The number of aryl methyl sites for hydroxylation is 2. The molecule has 3 aliphatic rings. The van der Waals surface area contributed by atoms with E-state index in [-0.39, 0.29) is 6.54 Å². The van der Waals surface area contributed by atoms with Crippen molar-refractivity contribution in [2.24, 2.45) is 0 Å². The molecule has 2 saturated heterocycles. The van der Waals surface area contributed by atoms with Crippen LogP contribution in [0.3, 0.4) is 0 Å². The summed E-state index contributed by atoms with van der Waals surface area (Å²) in [5, 5.41) is 4.44. The smallest absolute Gasteiger partial charge is 0.422 e. The first kappa shape index (κ1) is 15.4. The highest BCUT2D eigenvalue weighted by Crippen LogP contribution is 2.27. The van der Waals surface area contributed by atoms with Gasteiger partial charge in [-0.1, -0.05) is 0 Å². The minimum atomic E-state index is -1.60. The van der Waals surface area contributed by atoms with E-state index in [9.17, 15) is 9.59 Å². The van der Waals surface area contributed by atoms with E-state index in [2.05, 4.69) is 5.10 Å². The molecule has 0 amide bonds. The predicted molar refractivity (Wildman–Crippen MR) is 78.0 cm³/mol. The molecular formula is C15H19N3O6. The minimum absolute atomic E-state index is 0.174. The number of hydrogen-bond acceptors (Lipinski definition) is 8. The van der Waals surface area contributed by atoms with E-state index in [1.807, 2.05) is 15.6 Å². The topological polar surface area (TPSA) is 92.1 Å². The minimum Gasteiger partial charge on any atom is -0.475 e. The van der Waals surface area contributed by atoms with E-state index in [0.717, 1.165) is 19.4 Å². The van der Waals surface area contributed by atoms with Crippen LogP contribution < -0.4 is 4.74 Å². The Morgan fingerprint density at radius 2 is 2.04 bits per heavy atom. The Hall–Kier alpha value is -2.13. The highest BCUT2D eigenvalue weighted by molar-refractivity contribution is 6.31. The fourth-order valence-corrected chi connectivity index (χ4v) is 3.17. The van der Waals surface area contributed by atoms with Crippen LogP contribution in [0.4, 0.5) is 0 Å². The molecule has 130 valence electrons. The van der Waals surface area contributed by atoms with Gasteiger partial charge in [0.2, 0.25) is 5.88 Å². The fourth-order valence-electron chi connectivity index (χ4n) is 3.17. The highest BCUT2D eigenvalue weighted by Gasteiger charge is 2.52. The number of nitrogens with zero attached hydrogens (tertiary/aromatic N) is 3. The van der Waals surface area contributed by atoms with E-state index in [1.165, 1.54) is 12.1 Å². The number of carbonyl (C=O) groups excluding carboxylic acids is 2. The van der Waals surface area contributed by atoms with Crippen LogP contribution in [0.5, 0.6) is 5.88 Å². The standard InChI is InChI=1S/C15H19N3O6/c19-13-14(20)24-15(23-13)10-17(6-8-22-15)5-7-21-12-9-11-3-1-2-4-18(11)16-12/h9H,1-8,10H2. The fraction of sp³-hybridized carbons (Fsp3) is 0.667. The van der Waals surface area contributed by atoms with Crippen LogP contribution in [0.15, 0.2) is 6.07 Å². The van der Waals surface area contributed by atoms with Gasteiger partial charge in [-0.3, -0.25) is 9.58 Å². The number of aromatic nitrogens is 2. The highest BCUT2D eigenvalue weighted by atomic mass is 16.9. The lowest BCUT2D eigenvalue weighted by Crippen LogP contribution is -2.53. The lowest BCUT2D eigenvalue weighted by Gasteiger charge is -2.36. The predicted octanol–water partition coefficient (Wildman–Crippen LogP) is -0.316. The molecular weight excluding hydrogens is 318 g/mol. The van der Waals surface area contributed by atoms with Gasteiger partial charge in [-0.05, 0) is 19.3 Å². The monoisotopic (exact) mass is 337 g/mol. The first-order chi connectivity index (χ1) is 11.6. The summed E-state index contributed by atoms with van der Waals surface area (Å²) in [5.74, 6) is -3.00. The number of esters is 2. The SMILES string of the molecule is O=C1OC2(CN(CCOc3cc4n(n3)CCCC4)CCO2)OC1=O. The van der Waals surface area contributed by atoms with E-state index in [4.69, 9.17) is 18.9 Å². The number of fused-ring (bicyclic) bond motifs is 1. The van der Waals surface area contributed by atoms with Crippen LogP contribution >= 0.6 is 0 Å². The van der Waals surface area contributed by atoms with Crippen LogP contribution in [0.2, 0.25) is 0 Å². The summed E-state index contributed by atoms with van der Waals surface area (Å²) in [6, 6.07) is 1.99. The molecule has 0 N–H and O–H groups in total. The summed E-state index contributed by atoms with van der Waals surface area (Å²) in [4.78, 5) is 24.4. The van der Waals surface area contributed by atoms with Crippen molar-refractivity contribution in [1.29, 1.82) is 0 Å². The Morgan fingerprint density at radius 3 is 2.83 bits per heavy atom. The van der Waals surface area contributed by atoms with Gasteiger partial charge in [0.25, 0.3) is 0 Å². The van der Waals surface area contributed by atoms with Crippen molar-refractivity contribution in [2.75, 3.05) is 32.8 Å². The van der Waals surface area contributed by atoms with Crippen LogP contribution in [-0.2, 0) is 36.8 Å². The first-order valence-corrected chi connectivity index (χ1v) is 8.16. The van der Waals surface area contributed by atoms with Crippen molar-refractivity contribution in [2.45, 2.75) is 31.8 Å². The number of rotatable bonds is 4. The molecule has 9 heteroatoms. The third-order valence-corrected chi connectivity index (χ3v) is 4.36. The number of carbonyl (C=O) groups is 2. The maximum Gasteiger partial charge on any atom is 0.422 e. The van der Waals surface area contributed by atoms with Gasteiger partial charge in [-0.2, -0.15) is 0 Å². The molecule has 0 unspecified atom stereocenters. The second-order valence-electron chi connectivity index (χ2n) is 6.09. The quantitative estimate of drug-likeness (QED) is 0.545. The second kappa shape index (κ2) is 6.06. The summed E-state index contributed by atoms with van der Waals surface area (Å²) < 4.78 is 22.9. The van der Waals surface area contributed by atoms with Crippen molar-refractivity contribution < 1.29 is 28.5 Å². The van der Waals surface area contributed by atoms with Crippen molar-refractivity contribution in [3.8, 4) is 5.88 Å². The van der Waals surface area contributed by atoms with Crippen LogP contribution in [-0.4, -0.2) is 65.4 Å². The molecule has 9 nitrogen and oxygen atoms in total. The molecule has 0 bridgehead atoms. The van der Waals surface area contributed by atoms with Crippen molar-refractivity contribution >= 4 is 11.9 Å². The summed E-state index contributed by atoms with van der Waals surface area (Å²) in [5.41, 5.74) is 1.21. The molecule has 1 aromatic heterocycles. The maximum absolute atomic E-state index is 11.2. The summed E-state index contributed by atoms with van der Waals surface area (Å²) >= 11 is 0. The zero-order valence-corrected chi connectivity index (χ0v) is 13.2. The molecule has 0 radical (unpaired) electrons.